The first-order valence-corrected chi connectivity index (χ1v) is 10.5. The number of urea groups is 1. The van der Waals surface area contributed by atoms with Crippen LogP contribution in [0.3, 0.4) is 0 Å². The molecule has 1 aromatic rings. The Labute approximate surface area is 164 Å². The lowest BCUT2D eigenvalue weighted by Crippen LogP contribution is -2.48. The van der Waals surface area contributed by atoms with E-state index in [2.05, 4.69) is 49.2 Å². The zero-order chi connectivity index (χ0) is 19.2. The summed E-state index contributed by atoms with van der Waals surface area (Å²) in [4.78, 5) is 16.8. The molecule has 0 aromatic heterocycles. The van der Waals surface area contributed by atoms with Crippen LogP contribution in [0.25, 0.3) is 0 Å². The molecule has 0 aliphatic carbocycles. The van der Waals surface area contributed by atoms with Crippen LogP contribution in [0.2, 0.25) is 0 Å². The van der Waals surface area contributed by atoms with Crippen LogP contribution >= 0.6 is 0 Å². The number of nitrogens with one attached hydrogen (secondary N) is 1. The summed E-state index contributed by atoms with van der Waals surface area (Å²) in [5, 5.41) is 3.10. The van der Waals surface area contributed by atoms with E-state index in [4.69, 9.17) is 4.74 Å². The topological polar surface area (TPSA) is 44.8 Å². The number of nitrogens with zero attached hydrogens (tertiary/aromatic N) is 2. The van der Waals surface area contributed by atoms with Crippen molar-refractivity contribution in [3.8, 4) is 5.75 Å². The van der Waals surface area contributed by atoms with E-state index in [1.807, 2.05) is 4.90 Å². The molecule has 0 atom stereocenters. The fraction of sp³-hybridized carbons (Fsp3) is 0.682. The fourth-order valence-electron chi connectivity index (χ4n) is 3.91. The fourth-order valence-corrected chi connectivity index (χ4v) is 3.91. The lowest BCUT2D eigenvalue weighted by atomic mass is 9.99. The standard InChI is InChI=1S/C22H35N3O2/c1-17-6-11-24(12-7-17)15-10-23-22(26)25-13-8-20(9-14-25)27-21-16-18(2)4-5-19(21)3/h4-5,16-17,20H,6-15H2,1-3H3,(H,23,26). The van der Waals surface area contributed by atoms with Gasteiger partial charge in [0.15, 0.2) is 0 Å². The maximum absolute atomic E-state index is 12.4. The second-order valence-electron chi connectivity index (χ2n) is 8.33. The molecule has 0 radical (unpaired) electrons. The molecule has 5 nitrogen and oxygen atoms in total. The summed E-state index contributed by atoms with van der Waals surface area (Å²) >= 11 is 0. The number of benzene rings is 1. The number of amides is 2. The Hall–Kier alpha value is -1.75. The van der Waals surface area contributed by atoms with Crippen molar-refractivity contribution in [2.24, 2.45) is 5.92 Å². The van der Waals surface area contributed by atoms with Gasteiger partial charge in [-0.2, -0.15) is 0 Å². The Morgan fingerprint density at radius 2 is 1.81 bits per heavy atom. The van der Waals surface area contributed by atoms with Crippen LogP contribution in [0.1, 0.15) is 43.7 Å². The van der Waals surface area contributed by atoms with Gasteiger partial charge in [0.25, 0.3) is 0 Å². The maximum atomic E-state index is 12.4. The van der Waals surface area contributed by atoms with Crippen LogP contribution in [-0.2, 0) is 0 Å². The normalized spacial score (nSPS) is 19.9. The lowest BCUT2D eigenvalue weighted by Gasteiger charge is -2.33. The Bertz CT molecular complexity index is 618. The van der Waals surface area contributed by atoms with E-state index in [0.29, 0.717) is 0 Å². The van der Waals surface area contributed by atoms with Gasteiger partial charge >= 0.3 is 6.03 Å². The second-order valence-corrected chi connectivity index (χ2v) is 8.33. The Kier molecular flexibility index (Phi) is 7.00. The van der Waals surface area contributed by atoms with Crippen LogP contribution in [-0.4, -0.2) is 61.2 Å². The largest absolute Gasteiger partial charge is 0.490 e. The first-order valence-electron chi connectivity index (χ1n) is 10.5. The molecular weight excluding hydrogens is 338 g/mol. The number of likely N-dealkylation sites (tertiary alicyclic amines) is 2. The average Bonchev–Trinajstić information content (AvgIpc) is 2.67. The SMILES string of the molecule is Cc1ccc(C)c(OC2CCN(C(=O)NCCN3CCC(C)CC3)CC2)c1. The number of aryl methyl sites for hydroxylation is 2. The third-order valence-electron chi connectivity index (χ3n) is 5.95. The van der Waals surface area contributed by atoms with E-state index < -0.39 is 0 Å². The van der Waals surface area contributed by atoms with Gasteiger partial charge in [-0.3, -0.25) is 0 Å². The zero-order valence-corrected chi connectivity index (χ0v) is 17.2. The number of hydrogen-bond donors (Lipinski definition) is 1. The van der Waals surface area contributed by atoms with E-state index >= 15 is 0 Å². The molecule has 27 heavy (non-hydrogen) atoms. The molecule has 2 aliphatic heterocycles. The van der Waals surface area contributed by atoms with Crippen molar-refractivity contribution >= 4 is 6.03 Å². The van der Waals surface area contributed by atoms with Crippen LogP contribution in [0.15, 0.2) is 18.2 Å². The predicted molar refractivity (Wildman–Crippen MR) is 109 cm³/mol. The summed E-state index contributed by atoms with van der Waals surface area (Å²) in [5.41, 5.74) is 2.39. The highest BCUT2D eigenvalue weighted by atomic mass is 16.5. The molecule has 1 N–H and O–H groups in total. The highest BCUT2D eigenvalue weighted by Crippen LogP contribution is 2.24. The van der Waals surface area contributed by atoms with Gasteiger partial charge in [-0.15, -0.1) is 0 Å². The van der Waals surface area contributed by atoms with Gasteiger partial charge < -0.3 is 19.9 Å². The van der Waals surface area contributed by atoms with E-state index in [0.717, 1.165) is 63.8 Å². The van der Waals surface area contributed by atoms with Gasteiger partial charge in [0.2, 0.25) is 0 Å². The van der Waals surface area contributed by atoms with Crippen molar-refractivity contribution in [3.63, 3.8) is 0 Å². The number of ether oxygens (including phenoxy) is 1. The van der Waals surface area contributed by atoms with Crippen LogP contribution < -0.4 is 10.1 Å². The molecule has 2 aliphatic rings. The Morgan fingerprint density at radius 1 is 1.11 bits per heavy atom. The van der Waals surface area contributed by atoms with Crippen LogP contribution in [0.5, 0.6) is 5.75 Å². The molecule has 0 saturated carbocycles. The number of carbonyl (C=O) groups excluding carboxylic acids is 1. The summed E-state index contributed by atoms with van der Waals surface area (Å²) in [6.07, 6.45) is 4.55. The zero-order valence-electron chi connectivity index (χ0n) is 17.2. The van der Waals surface area contributed by atoms with Crippen LogP contribution in [0.4, 0.5) is 4.79 Å². The van der Waals surface area contributed by atoms with Gasteiger partial charge in [0.1, 0.15) is 11.9 Å². The van der Waals surface area contributed by atoms with Gasteiger partial charge in [-0.05, 0) is 62.9 Å². The molecule has 3 rings (SSSR count). The smallest absolute Gasteiger partial charge is 0.317 e. The van der Waals surface area contributed by atoms with Crippen molar-refractivity contribution in [2.75, 3.05) is 39.3 Å². The minimum Gasteiger partial charge on any atom is -0.490 e. The number of hydrogen-bond acceptors (Lipinski definition) is 3. The average molecular weight is 374 g/mol. The van der Waals surface area contributed by atoms with Crippen molar-refractivity contribution in [1.82, 2.24) is 15.1 Å². The van der Waals surface area contributed by atoms with Gasteiger partial charge in [-0.1, -0.05) is 19.1 Å². The molecule has 5 heteroatoms. The molecule has 2 saturated heterocycles. The van der Waals surface area contributed by atoms with Crippen molar-refractivity contribution < 1.29 is 9.53 Å². The number of piperidine rings is 2. The first kappa shape index (κ1) is 20.0. The predicted octanol–water partition coefficient (Wildman–Crippen LogP) is 3.59. The van der Waals surface area contributed by atoms with Crippen molar-refractivity contribution in [2.45, 2.75) is 52.6 Å². The summed E-state index contributed by atoms with van der Waals surface area (Å²) in [6.45, 7) is 12.1. The van der Waals surface area contributed by atoms with Crippen LogP contribution in [0, 0.1) is 19.8 Å². The summed E-state index contributed by atoms with van der Waals surface area (Å²) in [5.74, 6) is 1.83. The molecular formula is C22H35N3O2. The quantitative estimate of drug-likeness (QED) is 0.858. The van der Waals surface area contributed by atoms with Crippen molar-refractivity contribution in [3.05, 3.63) is 29.3 Å². The molecule has 2 fully saturated rings. The summed E-state index contributed by atoms with van der Waals surface area (Å²) < 4.78 is 6.20. The van der Waals surface area contributed by atoms with Gasteiger partial charge in [-0.25, -0.2) is 4.79 Å². The molecule has 0 bridgehead atoms. The molecule has 1 aromatic carbocycles. The Balaban J connectivity index is 1.36. The third kappa shape index (κ3) is 5.86. The molecule has 0 unspecified atom stereocenters. The minimum absolute atomic E-state index is 0.0746. The van der Waals surface area contributed by atoms with E-state index in [9.17, 15) is 4.79 Å². The summed E-state index contributed by atoms with van der Waals surface area (Å²) in [7, 11) is 0. The first-order chi connectivity index (χ1) is 13.0. The maximum Gasteiger partial charge on any atom is 0.317 e. The van der Waals surface area contributed by atoms with E-state index in [1.165, 1.54) is 24.0 Å². The van der Waals surface area contributed by atoms with Gasteiger partial charge in [0.05, 0.1) is 0 Å². The molecule has 2 heterocycles. The number of carbonyl (C=O) groups is 1. The highest BCUT2D eigenvalue weighted by molar-refractivity contribution is 5.74. The highest BCUT2D eigenvalue weighted by Gasteiger charge is 2.24. The van der Waals surface area contributed by atoms with E-state index in [-0.39, 0.29) is 12.1 Å². The minimum atomic E-state index is 0.0746. The van der Waals surface area contributed by atoms with Gasteiger partial charge in [0, 0.05) is 39.0 Å². The molecule has 150 valence electrons. The Morgan fingerprint density at radius 3 is 2.52 bits per heavy atom. The third-order valence-corrected chi connectivity index (χ3v) is 5.95. The van der Waals surface area contributed by atoms with E-state index in [1.54, 1.807) is 0 Å². The molecule has 2 amide bonds. The lowest BCUT2D eigenvalue weighted by molar-refractivity contribution is 0.110. The summed E-state index contributed by atoms with van der Waals surface area (Å²) in [6, 6.07) is 6.40. The van der Waals surface area contributed by atoms with Crippen molar-refractivity contribution in [1.29, 1.82) is 0 Å². The monoisotopic (exact) mass is 373 g/mol. The number of rotatable bonds is 5. The molecule has 0 spiro atoms. The second kappa shape index (κ2) is 9.45.